The zero-order valence-corrected chi connectivity index (χ0v) is 18.3. The van der Waals surface area contributed by atoms with E-state index in [4.69, 9.17) is 4.74 Å². The van der Waals surface area contributed by atoms with Crippen LogP contribution < -0.4 is 0 Å². The minimum absolute atomic E-state index is 0.0475. The lowest BCUT2D eigenvalue weighted by atomic mass is 10.2. The van der Waals surface area contributed by atoms with Gasteiger partial charge in [0.25, 0.3) is 16.1 Å². The molecule has 9 heteroatoms. The number of hydrogen-bond donors (Lipinski definition) is 0. The number of para-hydroxylation sites is 1. The molecule has 2 aliphatic rings. The number of carbonyl (C=O) groups is 1. The van der Waals surface area contributed by atoms with Gasteiger partial charge in [-0.15, -0.1) is 0 Å². The summed E-state index contributed by atoms with van der Waals surface area (Å²) in [7, 11) is -3.50. The largest absolute Gasteiger partial charge is 0.379 e. The highest BCUT2D eigenvalue weighted by atomic mass is 32.2. The van der Waals surface area contributed by atoms with Crippen LogP contribution in [0.25, 0.3) is 5.69 Å². The van der Waals surface area contributed by atoms with Gasteiger partial charge in [-0.3, -0.25) is 4.79 Å². The van der Waals surface area contributed by atoms with Crippen LogP contribution in [0.5, 0.6) is 0 Å². The summed E-state index contributed by atoms with van der Waals surface area (Å²) in [6.07, 6.45) is 0. The number of ether oxygens (including phenoxy) is 1. The fourth-order valence-electron chi connectivity index (χ4n) is 4.19. The van der Waals surface area contributed by atoms with Crippen LogP contribution in [-0.4, -0.2) is 84.9 Å². The van der Waals surface area contributed by atoms with Crippen LogP contribution in [-0.2, 0) is 14.9 Å². The number of hydrogen-bond acceptors (Lipinski definition) is 4. The summed E-state index contributed by atoms with van der Waals surface area (Å²) in [5.41, 5.74) is 3.58. The minimum Gasteiger partial charge on any atom is -0.379 e. The van der Waals surface area contributed by atoms with Crippen LogP contribution in [0.4, 0.5) is 0 Å². The van der Waals surface area contributed by atoms with Gasteiger partial charge < -0.3 is 14.2 Å². The molecular weight excluding hydrogens is 404 g/mol. The third kappa shape index (κ3) is 3.90. The van der Waals surface area contributed by atoms with E-state index in [-0.39, 0.29) is 5.91 Å². The van der Waals surface area contributed by atoms with Crippen molar-refractivity contribution in [3.8, 4) is 5.69 Å². The number of aromatic nitrogens is 1. The molecule has 0 radical (unpaired) electrons. The summed E-state index contributed by atoms with van der Waals surface area (Å²) in [6, 6.07) is 11.9. The average Bonchev–Trinajstić information content (AvgIpc) is 3.08. The number of aryl methyl sites for hydroxylation is 1. The Morgan fingerprint density at radius 1 is 0.900 bits per heavy atom. The van der Waals surface area contributed by atoms with Crippen LogP contribution in [0, 0.1) is 13.8 Å². The number of carbonyl (C=O) groups excluding carboxylic acids is 1. The maximum absolute atomic E-state index is 13.2. The predicted octanol–water partition coefficient (Wildman–Crippen LogP) is 1.43. The predicted molar refractivity (Wildman–Crippen MR) is 114 cm³/mol. The topological polar surface area (TPSA) is 75.1 Å². The molecule has 2 aromatic rings. The van der Waals surface area contributed by atoms with Gasteiger partial charge in [-0.25, -0.2) is 0 Å². The first-order valence-electron chi connectivity index (χ1n) is 10.3. The van der Waals surface area contributed by atoms with E-state index >= 15 is 0 Å². The van der Waals surface area contributed by atoms with E-state index < -0.39 is 10.2 Å². The molecule has 0 unspecified atom stereocenters. The summed E-state index contributed by atoms with van der Waals surface area (Å²) >= 11 is 0. The van der Waals surface area contributed by atoms with E-state index in [1.807, 2.05) is 50.2 Å². The van der Waals surface area contributed by atoms with Crippen molar-refractivity contribution in [2.45, 2.75) is 13.8 Å². The molecule has 0 atom stereocenters. The van der Waals surface area contributed by atoms with Crippen molar-refractivity contribution in [3.63, 3.8) is 0 Å². The molecule has 2 aliphatic heterocycles. The van der Waals surface area contributed by atoms with Gasteiger partial charge in [-0.2, -0.15) is 17.0 Å². The lowest BCUT2D eigenvalue weighted by Gasteiger charge is -2.37. The van der Waals surface area contributed by atoms with Crippen molar-refractivity contribution in [1.82, 2.24) is 18.1 Å². The number of benzene rings is 1. The molecule has 1 aromatic heterocycles. The van der Waals surface area contributed by atoms with Crippen LogP contribution in [0.3, 0.4) is 0 Å². The lowest BCUT2D eigenvalue weighted by Crippen LogP contribution is -2.55. The molecule has 4 rings (SSSR count). The van der Waals surface area contributed by atoms with Crippen molar-refractivity contribution in [1.29, 1.82) is 0 Å². The Labute approximate surface area is 177 Å². The Kier molecular flexibility index (Phi) is 5.97. The third-order valence-corrected chi connectivity index (χ3v) is 7.86. The highest BCUT2D eigenvalue weighted by molar-refractivity contribution is 7.86. The van der Waals surface area contributed by atoms with Gasteiger partial charge in [0.15, 0.2) is 0 Å². The second-order valence-electron chi connectivity index (χ2n) is 7.67. The molecule has 2 saturated heterocycles. The molecule has 0 N–H and O–H groups in total. The Morgan fingerprint density at radius 3 is 2.13 bits per heavy atom. The highest BCUT2D eigenvalue weighted by Crippen LogP contribution is 2.23. The van der Waals surface area contributed by atoms with E-state index in [1.54, 1.807) is 4.90 Å². The van der Waals surface area contributed by atoms with Gasteiger partial charge in [0.1, 0.15) is 0 Å². The van der Waals surface area contributed by atoms with E-state index in [1.165, 1.54) is 8.61 Å². The molecule has 30 heavy (non-hydrogen) atoms. The first kappa shape index (κ1) is 21.0. The molecule has 1 aromatic carbocycles. The number of morpholine rings is 1. The first-order valence-corrected chi connectivity index (χ1v) is 11.7. The van der Waals surface area contributed by atoms with Crippen LogP contribution in [0.2, 0.25) is 0 Å². The molecule has 162 valence electrons. The highest BCUT2D eigenvalue weighted by Gasteiger charge is 2.34. The van der Waals surface area contributed by atoms with Gasteiger partial charge in [0.05, 0.1) is 18.8 Å². The van der Waals surface area contributed by atoms with Crippen molar-refractivity contribution >= 4 is 16.1 Å². The van der Waals surface area contributed by atoms with Gasteiger partial charge in [-0.05, 0) is 32.0 Å². The number of amides is 1. The number of nitrogens with zero attached hydrogens (tertiary/aromatic N) is 4. The van der Waals surface area contributed by atoms with Crippen LogP contribution >= 0.6 is 0 Å². The fourth-order valence-corrected chi connectivity index (χ4v) is 5.75. The first-order chi connectivity index (χ1) is 14.4. The minimum atomic E-state index is -3.50. The normalized spacial score (nSPS) is 19.2. The van der Waals surface area contributed by atoms with Crippen LogP contribution in [0.15, 0.2) is 36.4 Å². The van der Waals surface area contributed by atoms with E-state index in [2.05, 4.69) is 4.57 Å². The van der Waals surface area contributed by atoms with Crippen molar-refractivity contribution in [3.05, 3.63) is 53.3 Å². The Morgan fingerprint density at radius 2 is 1.50 bits per heavy atom. The number of rotatable bonds is 4. The summed E-state index contributed by atoms with van der Waals surface area (Å²) in [5.74, 6) is -0.0475. The molecule has 0 aliphatic carbocycles. The van der Waals surface area contributed by atoms with Crippen LogP contribution in [0.1, 0.15) is 21.7 Å². The molecule has 8 nitrogen and oxygen atoms in total. The summed E-state index contributed by atoms with van der Waals surface area (Å²) in [4.78, 5) is 14.9. The molecular formula is C21H28N4O4S. The Bertz CT molecular complexity index is 1010. The van der Waals surface area contributed by atoms with E-state index in [9.17, 15) is 13.2 Å². The standard InChI is InChI=1S/C21H28N4O4S/c1-17-16-20(18(2)25(17)19-6-4-3-5-7-19)21(26)22-8-10-23(11-9-22)30(27,28)24-12-14-29-15-13-24/h3-7,16H,8-15H2,1-2H3. The maximum atomic E-state index is 13.2. The fraction of sp³-hybridized carbons (Fsp3) is 0.476. The van der Waals surface area contributed by atoms with Gasteiger partial charge in [0.2, 0.25) is 0 Å². The van der Waals surface area contributed by atoms with Gasteiger partial charge >= 0.3 is 0 Å². The van der Waals surface area contributed by atoms with Gasteiger partial charge in [-0.1, -0.05) is 18.2 Å². The third-order valence-electron chi connectivity index (χ3n) is 5.82. The van der Waals surface area contributed by atoms with Crippen molar-refractivity contribution in [2.24, 2.45) is 0 Å². The van der Waals surface area contributed by atoms with Crippen molar-refractivity contribution < 1.29 is 17.9 Å². The Balaban J connectivity index is 1.46. The average molecular weight is 433 g/mol. The summed E-state index contributed by atoms with van der Waals surface area (Å²) < 4.78 is 36.0. The second-order valence-corrected chi connectivity index (χ2v) is 9.59. The van der Waals surface area contributed by atoms with Gasteiger partial charge in [0, 0.05) is 56.3 Å². The molecule has 0 saturated carbocycles. The van der Waals surface area contributed by atoms with E-state index in [0.717, 1.165) is 17.1 Å². The monoisotopic (exact) mass is 432 g/mol. The molecule has 2 fully saturated rings. The summed E-state index contributed by atoms with van der Waals surface area (Å²) in [5, 5.41) is 0. The lowest BCUT2D eigenvalue weighted by molar-refractivity contribution is 0.0636. The maximum Gasteiger partial charge on any atom is 0.282 e. The summed E-state index contributed by atoms with van der Waals surface area (Å²) in [6.45, 7) is 6.94. The SMILES string of the molecule is Cc1cc(C(=O)N2CCN(S(=O)(=O)N3CCOCC3)CC2)c(C)n1-c1ccccc1. The molecule has 1 amide bonds. The van der Waals surface area contributed by atoms with E-state index in [0.29, 0.717) is 58.0 Å². The van der Waals surface area contributed by atoms with Crippen molar-refractivity contribution in [2.75, 3.05) is 52.5 Å². The smallest absolute Gasteiger partial charge is 0.282 e. The zero-order valence-electron chi connectivity index (χ0n) is 17.5. The Hall–Kier alpha value is -2.20. The second kappa shape index (κ2) is 8.50. The number of piperazine rings is 1. The molecule has 3 heterocycles. The molecule has 0 bridgehead atoms. The quantitative estimate of drug-likeness (QED) is 0.733. The zero-order chi connectivity index (χ0) is 21.3. The molecule has 0 spiro atoms.